The average Bonchev–Trinajstić information content (AvgIpc) is 2.45. The summed E-state index contributed by atoms with van der Waals surface area (Å²) < 4.78 is 5.22. The van der Waals surface area contributed by atoms with Crippen molar-refractivity contribution < 1.29 is 4.74 Å². The monoisotopic (exact) mass is 179 g/mol. The quantitative estimate of drug-likeness (QED) is 0.633. The van der Waals surface area contributed by atoms with Gasteiger partial charge in [-0.25, -0.2) is 5.01 Å². The predicted octanol–water partition coefficient (Wildman–Crippen LogP) is 1.05. The van der Waals surface area contributed by atoms with Gasteiger partial charge in [-0.3, -0.25) is 0 Å². The Hall–Kier alpha value is -1.42. The van der Waals surface area contributed by atoms with Crippen molar-refractivity contribution in [2.24, 2.45) is 0 Å². The summed E-state index contributed by atoms with van der Waals surface area (Å²) in [5, 5.41) is 1.99. The Morgan fingerprint density at radius 2 is 2.31 bits per heavy atom. The SMILES string of the molecule is COc1c(N)ccc2c1NN(C)C2. The lowest BCUT2D eigenvalue weighted by Gasteiger charge is -2.11. The van der Waals surface area contributed by atoms with E-state index in [0.29, 0.717) is 5.69 Å². The molecule has 1 aliphatic heterocycles. The molecule has 0 saturated carbocycles. The van der Waals surface area contributed by atoms with Crippen LogP contribution >= 0.6 is 0 Å². The van der Waals surface area contributed by atoms with E-state index < -0.39 is 0 Å². The van der Waals surface area contributed by atoms with Gasteiger partial charge in [0.1, 0.15) is 0 Å². The lowest BCUT2D eigenvalue weighted by atomic mass is 10.1. The molecule has 3 N–H and O–H groups in total. The maximum Gasteiger partial charge on any atom is 0.166 e. The minimum absolute atomic E-state index is 0.670. The van der Waals surface area contributed by atoms with Gasteiger partial charge in [0.2, 0.25) is 0 Å². The second kappa shape index (κ2) is 2.81. The molecule has 0 unspecified atom stereocenters. The molecule has 0 aliphatic carbocycles. The van der Waals surface area contributed by atoms with E-state index in [1.54, 1.807) is 7.11 Å². The lowest BCUT2D eigenvalue weighted by Crippen LogP contribution is -2.16. The molecule has 0 fully saturated rings. The molecule has 1 heterocycles. The van der Waals surface area contributed by atoms with Crippen LogP contribution in [0.25, 0.3) is 0 Å². The number of rotatable bonds is 1. The molecule has 2 rings (SSSR count). The zero-order valence-electron chi connectivity index (χ0n) is 7.79. The van der Waals surface area contributed by atoms with Crippen molar-refractivity contribution in [3.63, 3.8) is 0 Å². The van der Waals surface area contributed by atoms with Gasteiger partial charge in [-0.15, -0.1) is 0 Å². The highest BCUT2D eigenvalue weighted by atomic mass is 16.5. The molecule has 0 amide bonds. The van der Waals surface area contributed by atoms with Crippen LogP contribution in [0.2, 0.25) is 0 Å². The van der Waals surface area contributed by atoms with E-state index in [1.807, 2.05) is 24.2 Å². The Balaban J connectivity index is 2.52. The topological polar surface area (TPSA) is 50.5 Å². The van der Waals surface area contributed by atoms with Crippen molar-refractivity contribution in [3.05, 3.63) is 17.7 Å². The summed E-state index contributed by atoms with van der Waals surface area (Å²) in [6.45, 7) is 0.881. The smallest absolute Gasteiger partial charge is 0.166 e. The van der Waals surface area contributed by atoms with Crippen molar-refractivity contribution >= 4 is 11.4 Å². The van der Waals surface area contributed by atoms with Crippen molar-refractivity contribution in [2.75, 3.05) is 25.3 Å². The number of nitrogens with zero attached hydrogens (tertiary/aromatic N) is 1. The molecular formula is C9H13N3O. The molecule has 70 valence electrons. The highest BCUT2D eigenvalue weighted by Crippen LogP contribution is 2.38. The maximum atomic E-state index is 5.77. The number of fused-ring (bicyclic) bond motifs is 1. The minimum Gasteiger partial charge on any atom is -0.492 e. The summed E-state index contributed by atoms with van der Waals surface area (Å²) in [7, 11) is 3.61. The van der Waals surface area contributed by atoms with Gasteiger partial charge in [0.05, 0.1) is 18.5 Å². The molecule has 1 aromatic carbocycles. The summed E-state index contributed by atoms with van der Waals surface area (Å²) in [4.78, 5) is 0. The Morgan fingerprint density at radius 3 is 3.00 bits per heavy atom. The highest BCUT2D eigenvalue weighted by molar-refractivity contribution is 5.73. The molecule has 0 saturated heterocycles. The number of methoxy groups -OCH3 is 1. The van der Waals surface area contributed by atoms with Crippen molar-refractivity contribution in [2.45, 2.75) is 6.54 Å². The fraction of sp³-hybridized carbons (Fsp3) is 0.333. The van der Waals surface area contributed by atoms with Gasteiger partial charge < -0.3 is 15.9 Å². The van der Waals surface area contributed by atoms with Gasteiger partial charge in [-0.1, -0.05) is 6.07 Å². The summed E-state index contributed by atoms with van der Waals surface area (Å²) in [5.41, 5.74) is 11.8. The van der Waals surface area contributed by atoms with E-state index in [4.69, 9.17) is 10.5 Å². The molecule has 0 radical (unpaired) electrons. The number of nitrogens with two attached hydrogens (primary N) is 1. The maximum absolute atomic E-state index is 5.77. The highest BCUT2D eigenvalue weighted by Gasteiger charge is 2.20. The molecule has 0 aromatic heterocycles. The third kappa shape index (κ3) is 1.19. The van der Waals surface area contributed by atoms with Crippen LogP contribution in [0.5, 0.6) is 5.75 Å². The van der Waals surface area contributed by atoms with Crippen LogP contribution in [0.15, 0.2) is 12.1 Å². The zero-order chi connectivity index (χ0) is 9.42. The largest absolute Gasteiger partial charge is 0.492 e. The number of hydrogen-bond donors (Lipinski definition) is 2. The first-order valence-corrected chi connectivity index (χ1v) is 4.15. The summed E-state index contributed by atoms with van der Waals surface area (Å²) in [5.74, 6) is 0.738. The van der Waals surface area contributed by atoms with E-state index in [-0.39, 0.29) is 0 Å². The number of ether oxygens (including phenoxy) is 1. The van der Waals surface area contributed by atoms with E-state index in [9.17, 15) is 0 Å². The number of anilines is 2. The molecule has 0 bridgehead atoms. The van der Waals surface area contributed by atoms with Gasteiger partial charge in [-0.2, -0.15) is 0 Å². The number of hydrogen-bond acceptors (Lipinski definition) is 4. The second-order valence-corrected chi connectivity index (χ2v) is 3.19. The van der Waals surface area contributed by atoms with Crippen LogP contribution in [0.3, 0.4) is 0 Å². The molecule has 1 aromatic rings. The summed E-state index contributed by atoms with van der Waals surface area (Å²) in [6, 6.07) is 3.89. The van der Waals surface area contributed by atoms with E-state index in [0.717, 1.165) is 18.0 Å². The van der Waals surface area contributed by atoms with Crippen molar-refractivity contribution in [1.29, 1.82) is 0 Å². The molecule has 1 aliphatic rings. The molecule has 4 heteroatoms. The Labute approximate surface area is 77.3 Å². The van der Waals surface area contributed by atoms with Crippen LogP contribution in [0, 0.1) is 0 Å². The van der Waals surface area contributed by atoms with Crippen LogP contribution in [-0.2, 0) is 6.54 Å². The molecular weight excluding hydrogens is 166 g/mol. The molecule has 13 heavy (non-hydrogen) atoms. The van der Waals surface area contributed by atoms with Gasteiger partial charge in [-0.05, 0) is 11.6 Å². The second-order valence-electron chi connectivity index (χ2n) is 3.19. The standard InChI is InChI=1S/C9H13N3O/c1-12-5-6-3-4-7(10)9(13-2)8(6)11-12/h3-4,11H,5,10H2,1-2H3. The van der Waals surface area contributed by atoms with E-state index in [2.05, 4.69) is 5.43 Å². The molecule has 0 atom stereocenters. The first kappa shape index (κ1) is 8.19. The first-order valence-electron chi connectivity index (χ1n) is 4.15. The first-order chi connectivity index (χ1) is 6.22. The molecule has 0 spiro atoms. The van der Waals surface area contributed by atoms with E-state index >= 15 is 0 Å². The number of nitrogen functional groups attached to an aromatic ring is 1. The summed E-state index contributed by atoms with van der Waals surface area (Å²) >= 11 is 0. The Morgan fingerprint density at radius 1 is 1.54 bits per heavy atom. The van der Waals surface area contributed by atoms with Crippen LogP contribution in [-0.4, -0.2) is 19.2 Å². The van der Waals surface area contributed by atoms with Gasteiger partial charge in [0, 0.05) is 13.6 Å². The number of benzene rings is 1. The average molecular weight is 179 g/mol. The number of hydrazine groups is 1. The van der Waals surface area contributed by atoms with Crippen LogP contribution in [0.4, 0.5) is 11.4 Å². The van der Waals surface area contributed by atoms with Gasteiger partial charge in [0.15, 0.2) is 5.75 Å². The fourth-order valence-electron chi connectivity index (χ4n) is 1.60. The minimum atomic E-state index is 0.670. The van der Waals surface area contributed by atoms with Crippen LogP contribution < -0.4 is 15.9 Å². The third-order valence-corrected chi connectivity index (χ3v) is 2.19. The van der Waals surface area contributed by atoms with Crippen molar-refractivity contribution in [3.8, 4) is 5.75 Å². The Bertz CT molecular complexity index is 338. The fourth-order valence-corrected chi connectivity index (χ4v) is 1.60. The predicted molar refractivity (Wildman–Crippen MR) is 52.5 cm³/mol. The molecule has 4 nitrogen and oxygen atoms in total. The van der Waals surface area contributed by atoms with Crippen molar-refractivity contribution in [1.82, 2.24) is 5.01 Å². The lowest BCUT2D eigenvalue weighted by molar-refractivity contribution is 0.408. The number of nitrogens with one attached hydrogen (secondary N) is 1. The summed E-state index contributed by atoms with van der Waals surface area (Å²) in [6.07, 6.45) is 0. The van der Waals surface area contributed by atoms with Gasteiger partial charge >= 0.3 is 0 Å². The normalized spacial score (nSPS) is 15.2. The third-order valence-electron chi connectivity index (χ3n) is 2.19. The van der Waals surface area contributed by atoms with Crippen LogP contribution in [0.1, 0.15) is 5.56 Å². The van der Waals surface area contributed by atoms with E-state index in [1.165, 1.54) is 5.56 Å². The van der Waals surface area contributed by atoms with Gasteiger partial charge in [0.25, 0.3) is 0 Å². The Kier molecular flexibility index (Phi) is 1.77. The zero-order valence-corrected chi connectivity index (χ0v) is 7.79.